The second kappa shape index (κ2) is 7.35. The molecule has 5 nitrogen and oxygen atoms in total. The lowest BCUT2D eigenvalue weighted by molar-refractivity contribution is -0.165. The van der Waals surface area contributed by atoms with E-state index in [1.807, 2.05) is 0 Å². The molecule has 0 aliphatic rings. The first kappa shape index (κ1) is 17.6. The number of rotatable bonds is 5. The van der Waals surface area contributed by atoms with Gasteiger partial charge in [0.1, 0.15) is 11.6 Å². The Bertz CT molecular complexity index is 961. The van der Waals surface area contributed by atoms with Gasteiger partial charge in [-0.2, -0.15) is 0 Å². The summed E-state index contributed by atoms with van der Waals surface area (Å²) < 4.78 is 36.3. The Morgan fingerprint density at radius 1 is 1.00 bits per heavy atom. The SMILES string of the molecule is CC(=O)OCOC(=O)Cc1c[nH]c2ccc(-c3cc(F)cc(F)c3)cc12. The molecule has 0 saturated heterocycles. The lowest BCUT2D eigenvalue weighted by atomic mass is 10.0. The molecule has 1 heterocycles. The standard InChI is InChI=1S/C19H15F2NO4/c1-11(23)25-10-26-19(24)7-14-9-22-18-3-2-12(6-17(14)18)13-4-15(20)8-16(21)5-13/h2-6,8-9,22H,7,10H2,1H3. The molecule has 0 fully saturated rings. The third-order valence-corrected chi connectivity index (χ3v) is 3.78. The van der Waals surface area contributed by atoms with Crippen molar-refractivity contribution in [3.05, 3.63) is 59.8 Å². The van der Waals surface area contributed by atoms with Crippen molar-refractivity contribution in [3.63, 3.8) is 0 Å². The molecule has 0 atom stereocenters. The molecule has 0 amide bonds. The molecule has 0 bridgehead atoms. The molecule has 7 heteroatoms. The van der Waals surface area contributed by atoms with Crippen LogP contribution in [0.1, 0.15) is 12.5 Å². The van der Waals surface area contributed by atoms with Crippen molar-refractivity contribution < 1.29 is 27.8 Å². The van der Waals surface area contributed by atoms with Crippen molar-refractivity contribution in [1.82, 2.24) is 4.98 Å². The van der Waals surface area contributed by atoms with E-state index >= 15 is 0 Å². The number of benzene rings is 2. The van der Waals surface area contributed by atoms with Crippen LogP contribution >= 0.6 is 0 Å². The molecule has 3 aromatic rings. The van der Waals surface area contributed by atoms with Crippen LogP contribution in [-0.4, -0.2) is 23.7 Å². The number of H-pyrrole nitrogens is 1. The first-order valence-corrected chi connectivity index (χ1v) is 7.78. The fraction of sp³-hybridized carbons (Fsp3) is 0.158. The topological polar surface area (TPSA) is 68.4 Å². The Balaban J connectivity index is 1.84. The van der Waals surface area contributed by atoms with Crippen LogP contribution in [0.2, 0.25) is 0 Å². The van der Waals surface area contributed by atoms with E-state index in [-0.39, 0.29) is 6.42 Å². The van der Waals surface area contributed by atoms with Gasteiger partial charge in [-0.05, 0) is 41.0 Å². The second-order valence-corrected chi connectivity index (χ2v) is 5.68. The average Bonchev–Trinajstić information content (AvgIpc) is 2.96. The Kier molecular flexibility index (Phi) is 4.97. The molecule has 0 saturated carbocycles. The number of hydrogen-bond donors (Lipinski definition) is 1. The maximum Gasteiger partial charge on any atom is 0.313 e. The Labute approximate surface area is 147 Å². The molecule has 0 spiro atoms. The number of nitrogens with one attached hydrogen (secondary N) is 1. The summed E-state index contributed by atoms with van der Waals surface area (Å²) >= 11 is 0. The molecule has 26 heavy (non-hydrogen) atoms. The lowest BCUT2D eigenvalue weighted by Gasteiger charge is -2.06. The van der Waals surface area contributed by atoms with Crippen molar-refractivity contribution in [3.8, 4) is 11.1 Å². The normalized spacial score (nSPS) is 10.7. The lowest BCUT2D eigenvalue weighted by Crippen LogP contribution is -2.12. The first-order valence-electron chi connectivity index (χ1n) is 7.78. The molecule has 3 rings (SSSR count). The van der Waals surface area contributed by atoms with Gasteiger partial charge in [0, 0.05) is 30.1 Å². The summed E-state index contributed by atoms with van der Waals surface area (Å²) in [6, 6.07) is 8.53. The Hall–Kier alpha value is -3.22. The summed E-state index contributed by atoms with van der Waals surface area (Å²) in [7, 11) is 0. The zero-order chi connectivity index (χ0) is 18.7. The molecule has 2 aromatic carbocycles. The minimum absolute atomic E-state index is 0.0395. The largest absolute Gasteiger partial charge is 0.428 e. The molecule has 1 aromatic heterocycles. The molecule has 0 aliphatic carbocycles. The highest BCUT2D eigenvalue weighted by Crippen LogP contribution is 2.28. The zero-order valence-corrected chi connectivity index (χ0v) is 13.8. The van der Waals surface area contributed by atoms with E-state index in [1.165, 1.54) is 19.1 Å². The third-order valence-electron chi connectivity index (χ3n) is 3.78. The van der Waals surface area contributed by atoms with Gasteiger partial charge in [0.05, 0.1) is 6.42 Å². The predicted molar refractivity (Wildman–Crippen MR) is 90.1 cm³/mol. The van der Waals surface area contributed by atoms with Gasteiger partial charge in [-0.15, -0.1) is 0 Å². The minimum atomic E-state index is -0.663. The van der Waals surface area contributed by atoms with Gasteiger partial charge in [-0.1, -0.05) is 6.07 Å². The van der Waals surface area contributed by atoms with Gasteiger partial charge in [0.15, 0.2) is 0 Å². The Morgan fingerprint density at radius 2 is 1.73 bits per heavy atom. The second-order valence-electron chi connectivity index (χ2n) is 5.68. The summed E-state index contributed by atoms with van der Waals surface area (Å²) in [6.45, 7) is 0.772. The number of aromatic amines is 1. The van der Waals surface area contributed by atoms with Crippen molar-refractivity contribution in [2.24, 2.45) is 0 Å². The van der Waals surface area contributed by atoms with Crippen LogP contribution in [0.15, 0.2) is 42.6 Å². The van der Waals surface area contributed by atoms with Crippen LogP contribution in [0, 0.1) is 11.6 Å². The van der Waals surface area contributed by atoms with Crippen LogP contribution in [0.25, 0.3) is 22.0 Å². The highest BCUT2D eigenvalue weighted by molar-refractivity contribution is 5.90. The van der Waals surface area contributed by atoms with Gasteiger partial charge in [0.25, 0.3) is 0 Å². The number of ether oxygens (including phenoxy) is 2. The minimum Gasteiger partial charge on any atom is -0.428 e. The molecular weight excluding hydrogens is 344 g/mol. The highest BCUT2D eigenvalue weighted by Gasteiger charge is 2.12. The van der Waals surface area contributed by atoms with Gasteiger partial charge in [-0.25, -0.2) is 8.78 Å². The zero-order valence-electron chi connectivity index (χ0n) is 13.8. The first-order chi connectivity index (χ1) is 12.4. The molecule has 0 unspecified atom stereocenters. The summed E-state index contributed by atoms with van der Waals surface area (Å²) in [5.74, 6) is -2.43. The van der Waals surface area contributed by atoms with E-state index in [9.17, 15) is 18.4 Å². The van der Waals surface area contributed by atoms with Gasteiger partial charge in [0.2, 0.25) is 6.79 Å². The van der Waals surface area contributed by atoms with Crippen molar-refractivity contribution in [2.45, 2.75) is 13.3 Å². The van der Waals surface area contributed by atoms with E-state index in [4.69, 9.17) is 4.74 Å². The maximum atomic E-state index is 13.5. The number of aromatic nitrogens is 1. The monoisotopic (exact) mass is 359 g/mol. The number of halogens is 2. The number of fused-ring (bicyclic) bond motifs is 1. The summed E-state index contributed by atoms with van der Waals surface area (Å²) in [5.41, 5.74) is 2.44. The average molecular weight is 359 g/mol. The molecule has 1 N–H and O–H groups in total. The maximum absolute atomic E-state index is 13.5. The highest BCUT2D eigenvalue weighted by atomic mass is 19.1. The molecule has 0 aliphatic heterocycles. The summed E-state index contributed by atoms with van der Waals surface area (Å²) in [4.78, 5) is 25.5. The van der Waals surface area contributed by atoms with Crippen LogP contribution in [-0.2, 0) is 25.5 Å². The van der Waals surface area contributed by atoms with Crippen LogP contribution in [0.4, 0.5) is 8.78 Å². The van der Waals surface area contributed by atoms with E-state index in [2.05, 4.69) is 9.72 Å². The number of carbonyl (C=O) groups excluding carboxylic acids is 2. The predicted octanol–water partition coefficient (Wildman–Crippen LogP) is 3.72. The van der Waals surface area contributed by atoms with E-state index < -0.39 is 30.4 Å². The number of carbonyl (C=O) groups is 2. The molecular formula is C19H15F2NO4. The van der Waals surface area contributed by atoms with Gasteiger partial charge < -0.3 is 14.5 Å². The van der Waals surface area contributed by atoms with E-state index in [1.54, 1.807) is 24.4 Å². The van der Waals surface area contributed by atoms with E-state index in [0.29, 0.717) is 16.7 Å². The smallest absolute Gasteiger partial charge is 0.313 e. The van der Waals surface area contributed by atoms with Crippen LogP contribution in [0.3, 0.4) is 0 Å². The van der Waals surface area contributed by atoms with Crippen LogP contribution < -0.4 is 0 Å². The number of hydrogen-bond acceptors (Lipinski definition) is 4. The van der Waals surface area contributed by atoms with Crippen molar-refractivity contribution in [2.75, 3.05) is 6.79 Å². The fourth-order valence-corrected chi connectivity index (χ4v) is 2.61. The van der Waals surface area contributed by atoms with Crippen LogP contribution in [0.5, 0.6) is 0 Å². The van der Waals surface area contributed by atoms with Crippen molar-refractivity contribution >= 4 is 22.8 Å². The molecule has 0 radical (unpaired) electrons. The Morgan fingerprint density at radius 3 is 2.42 bits per heavy atom. The van der Waals surface area contributed by atoms with Crippen molar-refractivity contribution in [1.29, 1.82) is 0 Å². The summed E-state index contributed by atoms with van der Waals surface area (Å²) in [6.07, 6.45) is 1.62. The van der Waals surface area contributed by atoms with Gasteiger partial charge in [-0.3, -0.25) is 9.59 Å². The fourth-order valence-electron chi connectivity index (χ4n) is 2.61. The quantitative estimate of drug-likeness (QED) is 0.557. The summed E-state index contributed by atoms with van der Waals surface area (Å²) in [5, 5.41) is 0.733. The third kappa shape index (κ3) is 4.05. The molecule has 134 valence electrons. The number of esters is 2. The van der Waals surface area contributed by atoms with E-state index in [0.717, 1.165) is 17.0 Å². The van der Waals surface area contributed by atoms with Gasteiger partial charge >= 0.3 is 11.9 Å².